The summed E-state index contributed by atoms with van der Waals surface area (Å²) >= 11 is 0. The lowest BCUT2D eigenvalue weighted by Crippen LogP contribution is -2.50. The summed E-state index contributed by atoms with van der Waals surface area (Å²) in [5.74, 6) is 3.48. The number of ether oxygens (including phenoxy) is 1. The van der Waals surface area contributed by atoms with Crippen LogP contribution in [-0.4, -0.2) is 11.7 Å². The highest BCUT2D eigenvalue weighted by Crippen LogP contribution is 2.62. The van der Waals surface area contributed by atoms with Crippen molar-refractivity contribution in [1.82, 2.24) is 0 Å². The fraction of sp³-hybridized carbons (Fsp3) is 1.00. The lowest BCUT2D eigenvalue weighted by Gasteiger charge is -2.54. The molecule has 2 saturated carbocycles. The van der Waals surface area contributed by atoms with Gasteiger partial charge in [-0.25, -0.2) is 0 Å². The molecule has 0 aromatic heterocycles. The molecule has 0 aromatic rings. The molecule has 0 amide bonds. The summed E-state index contributed by atoms with van der Waals surface area (Å²) in [5.41, 5.74) is 0.574. The minimum Gasteiger partial charge on any atom is -0.372 e. The maximum absolute atomic E-state index is 6.34. The first-order valence-corrected chi connectivity index (χ1v) is 8.02. The molecule has 1 heterocycles. The standard InChI is InChI=1S/C17H30O/c1-11-15-14(17(4,5)18-11)10-12-8-6-7-9-13(12)16(15,2)3/h11-15H,6-10H2,1-5H3. The Morgan fingerprint density at radius 3 is 2.33 bits per heavy atom. The normalized spacial score (nSPS) is 49.5. The van der Waals surface area contributed by atoms with E-state index in [0.29, 0.717) is 11.5 Å². The third-order valence-electron chi connectivity index (χ3n) is 6.60. The predicted molar refractivity (Wildman–Crippen MR) is 75.5 cm³/mol. The highest BCUT2D eigenvalue weighted by molar-refractivity contribution is 5.07. The molecule has 1 nitrogen and oxygen atoms in total. The third kappa shape index (κ3) is 1.69. The van der Waals surface area contributed by atoms with Crippen LogP contribution >= 0.6 is 0 Å². The Morgan fingerprint density at radius 1 is 0.944 bits per heavy atom. The Hall–Kier alpha value is -0.0400. The van der Waals surface area contributed by atoms with E-state index in [1.165, 1.54) is 32.1 Å². The van der Waals surface area contributed by atoms with E-state index < -0.39 is 0 Å². The molecule has 0 bridgehead atoms. The Morgan fingerprint density at radius 2 is 1.61 bits per heavy atom. The molecule has 104 valence electrons. The predicted octanol–water partition coefficient (Wildman–Crippen LogP) is 4.65. The van der Waals surface area contributed by atoms with Crippen LogP contribution in [0.5, 0.6) is 0 Å². The first kappa shape index (κ1) is 13.0. The lowest BCUT2D eigenvalue weighted by molar-refractivity contribution is -0.0511. The van der Waals surface area contributed by atoms with Crippen molar-refractivity contribution in [3.05, 3.63) is 0 Å². The number of fused-ring (bicyclic) bond motifs is 2. The van der Waals surface area contributed by atoms with Gasteiger partial charge in [0.2, 0.25) is 0 Å². The third-order valence-corrected chi connectivity index (χ3v) is 6.60. The van der Waals surface area contributed by atoms with E-state index in [4.69, 9.17) is 4.74 Å². The Labute approximate surface area is 113 Å². The van der Waals surface area contributed by atoms with Gasteiger partial charge in [0.05, 0.1) is 11.7 Å². The molecular weight excluding hydrogens is 220 g/mol. The molecule has 3 rings (SSSR count). The van der Waals surface area contributed by atoms with Gasteiger partial charge in [0, 0.05) is 0 Å². The molecule has 18 heavy (non-hydrogen) atoms. The van der Waals surface area contributed by atoms with Crippen LogP contribution in [0, 0.1) is 29.1 Å². The van der Waals surface area contributed by atoms with Gasteiger partial charge in [-0.15, -0.1) is 0 Å². The van der Waals surface area contributed by atoms with Crippen molar-refractivity contribution in [1.29, 1.82) is 0 Å². The van der Waals surface area contributed by atoms with Crippen molar-refractivity contribution in [2.75, 3.05) is 0 Å². The van der Waals surface area contributed by atoms with Crippen molar-refractivity contribution in [3.63, 3.8) is 0 Å². The summed E-state index contributed by atoms with van der Waals surface area (Å²) in [5, 5.41) is 0. The van der Waals surface area contributed by atoms with Crippen molar-refractivity contribution in [2.45, 2.75) is 78.4 Å². The van der Waals surface area contributed by atoms with Gasteiger partial charge < -0.3 is 4.74 Å². The Balaban J connectivity index is 1.96. The van der Waals surface area contributed by atoms with E-state index >= 15 is 0 Å². The molecule has 0 spiro atoms. The van der Waals surface area contributed by atoms with Crippen LogP contribution in [-0.2, 0) is 4.74 Å². The molecule has 1 heteroatoms. The monoisotopic (exact) mass is 250 g/mol. The largest absolute Gasteiger partial charge is 0.372 e. The number of rotatable bonds is 0. The zero-order valence-electron chi connectivity index (χ0n) is 12.8. The highest BCUT2D eigenvalue weighted by Gasteiger charge is 2.59. The second kappa shape index (κ2) is 3.98. The van der Waals surface area contributed by atoms with E-state index in [1.807, 2.05) is 0 Å². The molecule has 1 aliphatic heterocycles. The topological polar surface area (TPSA) is 9.23 Å². The van der Waals surface area contributed by atoms with Gasteiger partial charge in [-0.3, -0.25) is 0 Å². The van der Waals surface area contributed by atoms with Gasteiger partial charge in [-0.2, -0.15) is 0 Å². The maximum atomic E-state index is 6.34. The van der Waals surface area contributed by atoms with Gasteiger partial charge in [0.25, 0.3) is 0 Å². The van der Waals surface area contributed by atoms with Crippen LogP contribution in [0.1, 0.15) is 66.7 Å². The summed E-state index contributed by atoms with van der Waals surface area (Å²) in [6, 6.07) is 0. The first-order chi connectivity index (χ1) is 8.34. The van der Waals surface area contributed by atoms with Gasteiger partial charge in [-0.1, -0.05) is 33.1 Å². The number of hydrogen-bond donors (Lipinski definition) is 0. The van der Waals surface area contributed by atoms with Crippen LogP contribution in [0.3, 0.4) is 0 Å². The van der Waals surface area contributed by atoms with Gasteiger partial charge in [0.1, 0.15) is 0 Å². The van der Waals surface area contributed by atoms with Crippen LogP contribution < -0.4 is 0 Å². The van der Waals surface area contributed by atoms with Gasteiger partial charge in [-0.05, 0) is 62.7 Å². The average Bonchev–Trinajstić information content (AvgIpc) is 2.49. The van der Waals surface area contributed by atoms with Crippen LogP contribution in [0.4, 0.5) is 0 Å². The molecule has 0 N–H and O–H groups in total. The quantitative estimate of drug-likeness (QED) is 0.608. The summed E-state index contributed by atoms with van der Waals surface area (Å²) < 4.78 is 6.34. The summed E-state index contributed by atoms with van der Waals surface area (Å²) in [6.07, 6.45) is 7.74. The lowest BCUT2D eigenvalue weighted by atomic mass is 9.49. The van der Waals surface area contributed by atoms with Crippen molar-refractivity contribution >= 4 is 0 Å². The van der Waals surface area contributed by atoms with E-state index in [9.17, 15) is 0 Å². The maximum Gasteiger partial charge on any atom is 0.0662 e. The molecule has 5 unspecified atom stereocenters. The summed E-state index contributed by atoms with van der Waals surface area (Å²) in [7, 11) is 0. The van der Waals surface area contributed by atoms with E-state index in [-0.39, 0.29) is 5.60 Å². The molecular formula is C17H30O. The van der Waals surface area contributed by atoms with E-state index in [2.05, 4.69) is 34.6 Å². The molecule has 5 atom stereocenters. The Kier molecular flexibility index (Phi) is 2.86. The zero-order valence-corrected chi connectivity index (χ0v) is 12.8. The molecule has 2 aliphatic carbocycles. The molecule has 1 saturated heterocycles. The summed E-state index contributed by atoms with van der Waals surface area (Å²) in [4.78, 5) is 0. The van der Waals surface area contributed by atoms with Gasteiger partial charge >= 0.3 is 0 Å². The molecule has 0 radical (unpaired) electrons. The number of hydrogen-bond acceptors (Lipinski definition) is 1. The van der Waals surface area contributed by atoms with E-state index in [0.717, 1.165) is 23.7 Å². The molecule has 3 fully saturated rings. The first-order valence-electron chi connectivity index (χ1n) is 8.02. The average molecular weight is 250 g/mol. The SMILES string of the molecule is CC1OC(C)(C)C2CC3CCCCC3C(C)(C)C12. The van der Waals surface area contributed by atoms with E-state index in [1.54, 1.807) is 0 Å². The Bertz CT molecular complexity index is 331. The van der Waals surface area contributed by atoms with Gasteiger partial charge in [0.15, 0.2) is 0 Å². The minimum atomic E-state index is 0.101. The second-order valence-corrected chi connectivity index (χ2v) is 8.27. The van der Waals surface area contributed by atoms with Crippen molar-refractivity contribution in [3.8, 4) is 0 Å². The minimum absolute atomic E-state index is 0.101. The fourth-order valence-corrected chi connectivity index (χ4v) is 6.00. The molecule has 0 aromatic carbocycles. The van der Waals surface area contributed by atoms with Crippen molar-refractivity contribution in [2.24, 2.45) is 29.1 Å². The second-order valence-electron chi connectivity index (χ2n) is 8.27. The fourth-order valence-electron chi connectivity index (χ4n) is 6.00. The van der Waals surface area contributed by atoms with Crippen LogP contribution in [0.25, 0.3) is 0 Å². The smallest absolute Gasteiger partial charge is 0.0662 e. The van der Waals surface area contributed by atoms with Crippen LogP contribution in [0.2, 0.25) is 0 Å². The summed E-state index contributed by atoms with van der Waals surface area (Å²) in [6.45, 7) is 12.0. The zero-order chi connectivity index (χ0) is 13.1. The van der Waals surface area contributed by atoms with Crippen LogP contribution in [0.15, 0.2) is 0 Å². The highest BCUT2D eigenvalue weighted by atomic mass is 16.5. The molecule has 3 aliphatic rings. The van der Waals surface area contributed by atoms with Crippen molar-refractivity contribution < 1.29 is 4.74 Å².